The highest BCUT2D eigenvalue weighted by molar-refractivity contribution is 7.99. The molecule has 124 valence electrons. The predicted molar refractivity (Wildman–Crippen MR) is 71.1 cm³/mol. The molecule has 7 N–H and O–H groups in total. The summed E-state index contributed by atoms with van der Waals surface area (Å²) in [5.74, 6) is 0.175. The van der Waals surface area contributed by atoms with Gasteiger partial charge in [0, 0.05) is 12.3 Å². The lowest BCUT2D eigenvalue weighted by atomic mass is 10.0. The third kappa shape index (κ3) is 3.85. The first-order valence-corrected chi connectivity index (χ1v) is 7.67. The summed E-state index contributed by atoms with van der Waals surface area (Å²) >= 11 is 1.05. The molecule has 0 saturated carbocycles. The minimum absolute atomic E-state index is 0.113. The summed E-state index contributed by atoms with van der Waals surface area (Å²) in [6.07, 6.45) is -7.90. The van der Waals surface area contributed by atoms with E-state index in [4.69, 9.17) is 14.7 Å². The zero-order valence-corrected chi connectivity index (χ0v) is 12.0. The highest BCUT2D eigenvalue weighted by atomic mass is 32.2. The van der Waals surface area contributed by atoms with Gasteiger partial charge in [0.05, 0.1) is 12.7 Å². The second-order valence-electron chi connectivity index (χ2n) is 5.09. The molecule has 2 heterocycles. The Morgan fingerprint density at radius 3 is 2.33 bits per heavy atom. The quantitative estimate of drug-likeness (QED) is 0.273. The maximum Gasteiger partial charge on any atom is 0.132 e. The fourth-order valence-electron chi connectivity index (χ4n) is 2.21. The summed E-state index contributed by atoms with van der Waals surface area (Å²) in [6, 6.07) is 0. The first-order valence-electron chi connectivity index (χ1n) is 6.62. The minimum Gasteiger partial charge on any atom is -0.394 e. The summed E-state index contributed by atoms with van der Waals surface area (Å²) < 4.78 is 5.32. The predicted octanol–water partition coefficient (Wildman–Crippen LogP) is -3.86. The summed E-state index contributed by atoms with van der Waals surface area (Å²) in [6.45, 7) is -0.382. The third-order valence-corrected chi connectivity index (χ3v) is 4.82. The lowest BCUT2D eigenvalue weighted by Crippen LogP contribution is -2.58. The normalized spacial score (nSPS) is 48.3. The molecule has 10 heteroatoms. The van der Waals surface area contributed by atoms with Crippen molar-refractivity contribution in [2.45, 2.75) is 48.2 Å². The van der Waals surface area contributed by atoms with E-state index < -0.39 is 54.8 Å². The summed E-state index contributed by atoms with van der Waals surface area (Å²) in [7, 11) is 0. The fourth-order valence-corrected chi connectivity index (χ4v) is 3.43. The SMILES string of the molecule is OCC1O[C@H](SCC2ONCC(O)[C@@H]2O)C(O)C(O)[C@@H]1O. The fraction of sp³-hybridized carbons (Fsp3) is 1.00. The van der Waals surface area contributed by atoms with Gasteiger partial charge in [0.25, 0.3) is 0 Å². The summed E-state index contributed by atoms with van der Waals surface area (Å²) in [4.78, 5) is 5.11. The zero-order valence-electron chi connectivity index (χ0n) is 11.1. The Labute approximate surface area is 125 Å². The first kappa shape index (κ1) is 17.3. The number of nitrogens with one attached hydrogen (secondary N) is 1. The molecule has 0 amide bonds. The van der Waals surface area contributed by atoms with Crippen LogP contribution in [0, 0.1) is 0 Å². The van der Waals surface area contributed by atoms with Crippen molar-refractivity contribution in [2.24, 2.45) is 0 Å². The van der Waals surface area contributed by atoms with Gasteiger partial charge in [-0.2, -0.15) is 5.48 Å². The molecule has 2 saturated heterocycles. The van der Waals surface area contributed by atoms with Crippen LogP contribution < -0.4 is 5.48 Å². The second-order valence-corrected chi connectivity index (χ2v) is 6.22. The van der Waals surface area contributed by atoms with Crippen LogP contribution in [0.2, 0.25) is 0 Å². The molecule has 0 aliphatic carbocycles. The highest BCUT2D eigenvalue weighted by Crippen LogP contribution is 2.29. The van der Waals surface area contributed by atoms with Crippen LogP contribution in [0.3, 0.4) is 0 Å². The number of thioether (sulfide) groups is 1. The highest BCUT2D eigenvalue weighted by Gasteiger charge is 2.44. The van der Waals surface area contributed by atoms with Gasteiger partial charge in [-0.25, -0.2) is 0 Å². The average molecular weight is 327 g/mol. The average Bonchev–Trinajstić information content (AvgIpc) is 2.48. The van der Waals surface area contributed by atoms with Crippen molar-refractivity contribution >= 4 is 11.8 Å². The van der Waals surface area contributed by atoms with E-state index in [1.54, 1.807) is 0 Å². The lowest BCUT2D eigenvalue weighted by Gasteiger charge is -2.40. The number of ether oxygens (including phenoxy) is 1. The topological polar surface area (TPSA) is 152 Å². The number of hydroxylamine groups is 1. The number of hydrogen-bond donors (Lipinski definition) is 7. The van der Waals surface area contributed by atoms with E-state index in [1.807, 2.05) is 0 Å². The molecular weight excluding hydrogens is 306 g/mol. The van der Waals surface area contributed by atoms with Gasteiger partial charge in [0.2, 0.25) is 0 Å². The van der Waals surface area contributed by atoms with Crippen LogP contribution in [0.1, 0.15) is 0 Å². The van der Waals surface area contributed by atoms with Crippen molar-refractivity contribution < 1.29 is 40.2 Å². The van der Waals surface area contributed by atoms with Crippen LogP contribution in [0.5, 0.6) is 0 Å². The Morgan fingerprint density at radius 2 is 1.67 bits per heavy atom. The molecule has 0 spiro atoms. The van der Waals surface area contributed by atoms with E-state index in [-0.39, 0.29) is 12.3 Å². The Bertz CT molecular complexity index is 335. The van der Waals surface area contributed by atoms with Gasteiger partial charge in [0.15, 0.2) is 0 Å². The van der Waals surface area contributed by atoms with Crippen molar-refractivity contribution in [3.63, 3.8) is 0 Å². The first-order chi connectivity index (χ1) is 9.95. The molecule has 5 unspecified atom stereocenters. The molecule has 8 atom stereocenters. The smallest absolute Gasteiger partial charge is 0.132 e. The molecule has 0 aromatic rings. The van der Waals surface area contributed by atoms with Crippen molar-refractivity contribution in [2.75, 3.05) is 18.9 Å². The maximum atomic E-state index is 9.86. The summed E-state index contributed by atoms with van der Waals surface area (Å²) in [5.41, 5.74) is 1.60. The molecule has 0 aromatic heterocycles. The lowest BCUT2D eigenvalue weighted by molar-refractivity contribution is -0.206. The van der Waals surface area contributed by atoms with Crippen molar-refractivity contribution in [1.29, 1.82) is 0 Å². The van der Waals surface area contributed by atoms with Crippen LogP contribution in [0.25, 0.3) is 0 Å². The summed E-state index contributed by atoms with van der Waals surface area (Å²) in [5, 5.41) is 57.5. The van der Waals surface area contributed by atoms with Gasteiger partial charge in [-0.3, -0.25) is 4.84 Å². The number of aliphatic hydroxyl groups is 6. The number of aliphatic hydroxyl groups excluding tert-OH is 6. The van der Waals surface area contributed by atoms with Crippen LogP contribution in [-0.4, -0.2) is 97.7 Å². The van der Waals surface area contributed by atoms with E-state index in [1.165, 1.54) is 0 Å². The molecule has 9 nitrogen and oxygen atoms in total. The van der Waals surface area contributed by atoms with Gasteiger partial charge in [-0.05, 0) is 0 Å². The van der Waals surface area contributed by atoms with Gasteiger partial charge in [0.1, 0.15) is 42.1 Å². The van der Waals surface area contributed by atoms with Gasteiger partial charge >= 0.3 is 0 Å². The Morgan fingerprint density at radius 1 is 0.952 bits per heavy atom. The molecule has 21 heavy (non-hydrogen) atoms. The second kappa shape index (κ2) is 7.51. The van der Waals surface area contributed by atoms with Crippen molar-refractivity contribution in [1.82, 2.24) is 5.48 Å². The van der Waals surface area contributed by atoms with E-state index >= 15 is 0 Å². The van der Waals surface area contributed by atoms with Gasteiger partial charge in [-0.15, -0.1) is 11.8 Å². The number of rotatable bonds is 4. The molecular formula is C11H21NO8S. The van der Waals surface area contributed by atoms with E-state index in [0.29, 0.717) is 0 Å². The van der Waals surface area contributed by atoms with Gasteiger partial charge < -0.3 is 35.4 Å². The van der Waals surface area contributed by atoms with E-state index in [9.17, 15) is 25.5 Å². The monoisotopic (exact) mass is 327 g/mol. The van der Waals surface area contributed by atoms with E-state index in [2.05, 4.69) is 5.48 Å². The maximum absolute atomic E-state index is 9.86. The standard InChI is InChI=1S/C11H21NO8S/c13-2-5-8(16)9(17)10(18)11(19-5)21-3-6-7(15)4(14)1-12-20-6/h4-18H,1-3H2/t4?,5?,6?,7-,8+,9?,10?,11+/m0/s1. The Kier molecular flexibility index (Phi) is 6.20. The van der Waals surface area contributed by atoms with E-state index in [0.717, 1.165) is 11.8 Å². The molecule has 0 radical (unpaired) electrons. The molecule has 2 rings (SSSR count). The minimum atomic E-state index is -1.44. The van der Waals surface area contributed by atoms with Crippen molar-refractivity contribution in [3.05, 3.63) is 0 Å². The Hall–Kier alpha value is -0.0100. The number of hydrogen-bond acceptors (Lipinski definition) is 10. The molecule has 2 aliphatic heterocycles. The van der Waals surface area contributed by atoms with Crippen LogP contribution >= 0.6 is 11.8 Å². The van der Waals surface area contributed by atoms with Gasteiger partial charge in [-0.1, -0.05) is 0 Å². The molecule has 0 aromatic carbocycles. The third-order valence-electron chi connectivity index (χ3n) is 3.58. The van der Waals surface area contributed by atoms with Crippen LogP contribution in [0.4, 0.5) is 0 Å². The Balaban J connectivity index is 1.89. The number of β-amino-alcohol motifs (C(OH)–C–C–N with tert-alkyl or cyclic N) is 1. The largest absolute Gasteiger partial charge is 0.394 e. The zero-order chi connectivity index (χ0) is 15.6. The molecule has 0 bridgehead atoms. The molecule has 2 aliphatic rings. The molecule has 2 fully saturated rings. The van der Waals surface area contributed by atoms with Crippen molar-refractivity contribution in [3.8, 4) is 0 Å². The van der Waals surface area contributed by atoms with Crippen LogP contribution in [0.15, 0.2) is 0 Å². The van der Waals surface area contributed by atoms with Crippen LogP contribution in [-0.2, 0) is 9.57 Å².